The molecule has 1 aromatic rings. The van der Waals surface area contributed by atoms with Gasteiger partial charge in [0.15, 0.2) is 0 Å². The Morgan fingerprint density at radius 2 is 2.12 bits per heavy atom. The third kappa shape index (κ3) is 2.52. The summed E-state index contributed by atoms with van der Waals surface area (Å²) in [4.78, 5) is 2.27. The van der Waals surface area contributed by atoms with E-state index in [1.165, 1.54) is 0 Å². The molecule has 88 valence electrons. The van der Waals surface area contributed by atoms with Gasteiger partial charge in [-0.2, -0.15) is 0 Å². The number of benzene rings is 1. The van der Waals surface area contributed by atoms with Crippen LogP contribution >= 0.6 is 0 Å². The lowest BCUT2D eigenvalue weighted by Gasteiger charge is -2.29. The molecule has 4 nitrogen and oxygen atoms in total. The van der Waals surface area contributed by atoms with Crippen molar-refractivity contribution in [1.29, 1.82) is 0 Å². The molecule has 4 heteroatoms. The van der Waals surface area contributed by atoms with Gasteiger partial charge in [-0.3, -0.25) is 0 Å². The molecule has 0 aliphatic carbocycles. The summed E-state index contributed by atoms with van der Waals surface area (Å²) >= 11 is 0. The lowest BCUT2D eigenvalue weighted by Crippen LogP contribution is -2.36. The molecule has 0 bridgehead atoms. The van der Waals surface area contributed by atoms with Gasteiger partial charge in [0.1, 0.15) is 0 Å². The first-order valence-corrected chi connectivity index (χ1v) is 5.60. The number of hydrogen-bond donors (Lipinski definition) is 2. The number of rotatable bonds is 3. The zero-order valence-corrected chi connectivity index (χ0v) is 9.30. The fourth-order valence-electron chi connectivity index (χ4n) is 1.88. The summed E-state index contributed by atoms with van der Waals surface area (Å²) in [6.07, 6.45) is 0. The van der Waals surface area contributed by atoms with Gasteiger partial charge in [0.2, 0.25) is 0 Å². The minimum Gasteiger partial charge on any atom is -0.394 e. The predicted octanol–water partition coefficient (Wildman–Crippen LogP) is 0.515. The molecule has 0 unspecified atom stereocenters. The zero-order valence-electron chi connectivity index (χ0n) is 9.30. The zero-order chi connectivity index (χ0) is 11.4. The van der Waals surface area contributed by atoms with Gasteiger partial charge in [-0.05, 0) is 17.7 Å². The SMILES string of the molecule is N[C@@H](CO)c1cccc(N2CCOCC2)c1. The van der Waals surface area contributed by atoms with Gasteiger partial charge in [-0.25, -0.2) is 0 Å². The maximum Gasteiger partial charge on any atom is 0.0642 e. The maximum absolute atomic E-state index is 9.03. The molecule has 1 heterocycles. The van der Waals surface area contributed by atoms with Gasteiger partial charge in [0, 0.05) is 18.8 Å². The summed E-state index contributed by atoms with van der Waals surface area (Å²) in [5.74, 6) is 0. The lowest BCUT2D eigenvalue weighted by atomic mass is 10.1. The first kappa shape index (κ1) is 11.4. The number of ether oxygens (including phenoxy) is 1. The van der Waals surface area contributed by atoms with Crippen LogP contribution in [0.5, 0.6) is 0 Å². The molecule has 0 aromatic heterocycles. The summed E-state index contributed by atoms with van der Waals surface area (Å²) < 4.78 is 5.31. The van der Waals surface area contributed by atoms with E-state index < -0.39 is 0 Å². The highest BCUT2D eigenvalue weighted by Crippen LogP contribution is 2.20. The van der Waals surface area contributed by atoms with Crippen LogP contribution in [-0.2, 0) is 4.74 Å². The largest absolute Gasteiger partial charge is 0.394 e. The van der Waals surface area contributed by atoms with Gasteiger partial charge in [-0.15, -0.1) is 0 Å². The Bertz CT molecular complexity index is 338. The summed E-state index contributed by atoms with van der Waals surface area (Å²) in [6, 6.07) is 7.76. The number of aliphatic hydroxyl groups is 1. The predicted molar refractivity (Wildman–Crippen MR) is 63.5 cm³/mol. The molecule has 0 saturated carbocycles. The number of nitrogens with two attached hydrogens (primary N) is 1. The highest BCUT2D eigenvalue weighted by Gasteiger charge is 2.12. The van der Waals surface area contributed by atoms with Gasteiger partial charge >= 0.3 is 0 Å². The second-order valence-electron chi connectivity index (χ2n) is 3.98. The summed E-state index contributed by atoms with van der Waals surface area (Å²) in [5, 5.41) is 9.03. The Labute approximate surface area is 95.6 Å². The van der Waals surface area contributed by atoms with Crippen molar-refractivity contribution in [3.63, 3.8) is 0 Å². The number of aliphatic hydroxyl groups excluding tert-OH is 1. The van der Waals surface area contributed by atoms with E-state index in [0.29, 0.717) is 0 Å². The Hall–Kier alpha value is -1.10. The smallest absolute Gasteiger partial charge is 0.0642 e. The van der Waals surface area contributed by atoms with E-state index in [9.17, 15) is 0 Å². The summed E-state index contributed by atoms with van der Waals surface area (Å²) in [5.41, 5.74) is 7.93. The Kier molecular flexibility index (Phi) is 3.77. The molecule has 1 fully saturated rings. The standard InChI is InChI=1S/C12H18N2O2/c13-12(9-15)10-2-1-3-11(8-10)14-4-6-16-7-5-14/h1-3,8,12,15H,4-7,9,13H2/t12-/m0/s1. The van der Waals surface area contributed by atoms with E-state index in [1.54, 1.807) is 0 Å². The first-order chi connectivity index (χ1) is 7.81. The number of hydrogen-bond acceptors (Lipinski definition) is 4. The normalized spacial score (nSPS) is 18.5. The van der Waals surface area contributed by atoms with Gasteiger partial charge < -0.3 is 20.5 Å². The van der Waals surface area contributed by atoms with Crippen molar-refractivity contribution in [1.82, 2.24) is 0 Å². The van der Waals surface area contributed by atoms with Crippen LogP contribution in [0.25, 0.3) is 0 Å². The average Bonchev–Trinajstić information content (AvgIpc) is 2.39. The number of nitrogens with zero attached hydrogens (tertiary/aromatic N) is 1. The molecule has 3 N–H and O–H groups in total. The minimum atomic E-state index is -0.291. The summed E-state index contributed by atoms with van der Waals surface area (Å²) in [7, 11) is 0. The molecule has 16 heavy (non-hydrogen) atoms. The molecule has 1 aliphatic rings. The van der Waals surface area contributed by atoms with Crippen molar-refractivity contribution in [2.45, 2.75) is 6.04 Å². The van der Waals surface area contributed by atoms with E-state index >= 15 is 0 Å². The minimum absolute atomic E-state index is 0.0213. The molecule has 1 saturated heterocycles. The Morgan fingerprint density at radius 1 is 1.38 bits per heavy atom. The van der Waals surface area contributed by atoms with Crippen molar-refractivity contribution in [2.24, 2.45) is 5.73 Å². The van der Waals surface area contributed by atoms with Gasteiger partial charge in [-0.1, -0.05) is 12.1 Å². The first-order valence-electron chi connectivity index (χ1n) is 5.60. The van der Waals surface area contributed by atoms with Crippen LogP contribution < -0.4 is 10.6 Å². The van der Waals surface area contributed by atoms with E-state index in [-0.39, 0.29) is 12.6 Å². The third-order valence-corrected chi connectivity index (χ3v) is 2.87. The van der Waals surface area contributed by atoms with Crippen LogP contribution in [0.1, 0.15) is 11.6 Å². The number of morpholine rings is 1. The van der Waals surface area contributed by atoms with Crippen molar-refractivity contribution in [3.05, 3.63) is 29.8 Å². The fraction of sp³-hybridized carbons (Fsp3) is 0.500. The second kappa shape index (κ2) is 5.30. The van der Waals surface area contributed by atoms with Crippen molar-refractivity contribution in [2.75, 3.05) is 37.8 Å². The summed E-state index contributed by atoms with van der Waals surface area (Å²) in [6.45, 7) is 3.36. The Morgan fingerprint density at radius 3 is 2.81 bits per heavy atom. The molecule has 0 radical (unpaired) electrons. The van der Waals surface area contributed by atoms with Crippen LogP contribution in [0.4, 0.5) is 5.69 Å². The maximum atomic E-state index is 9.03. The van der Waals surface area contributed by atoms with E-state index in [4.69, 9.17) is 15.6 Å². The Balaban J connectivity index is 2.14. The van der Waals surface area contributed by atoms with Crippen LogP contribution in [0.15, 0.2) is 24.3 Å². The molecule has 0 amide bonds. The monoisotopic (exact) mass is 222 g/mol. The van der Waals surface area contributed by atoms with Gasteiger partial charge in [0.05, 0.1) is 25.9 Å². The molecular weight excluding hydrogens is 204 g/mol. The molecule has 1 aliphatic heterocycles. The molecule has 2 rings (SSSR count). The molecule has 1 aromatic carbocycles. The molecular formula is C12H18N2O2. The third-order valence-electron chi connectivity index (χ3n) is 2.87. The van der Waals surface area contributed by atoms with Crippen LogP contribution in [0.3, 0.4) is 0 Å². The second-order valence-corrected chi connectivity index (χ2v) is 3.98. The van der Waals surface area contributed by atoms with Gasteiger partial charge in [0.25, 0.3) is 0 Å². The average molecular weight is 222 g/mol. The topological polar surface area (TPSA) is 58.7 Å². The van der Waals surface area contributed by atoms with E-state index in [0.717, 1.165) is 37.6 Å². The van der Waals surface area contributed by atoms with Crippen LogP contribution in [-0.4, -0.2) is 38.0 Å². The highest BCUT2D eigenvalue weighted by atomic mass is 16.5. The molecule has 1 atom stereocenters. The van der Waals surface area contributed by atoms with Crippen molar-refractivity contribution >= 4 is 5.69 Å². The molecule has 0 spiro atoms. The van der Waals surface area contributed by atoms with Crippen molar-refractivity contribution < 1.29 is 9.84 Å². The lowest BCUT2D eigenvalue weighted by molar-refractivity contribution is 0.122. The highest BCUT2D eigenvalue weighted by molar-refractivity contribution is 5.49. The number of anilines is 1. The van der Waals surface area contributed by atoms with E-state index in [2.05, 4.69) is 11.0 Å². The van der Waals surface area contributed by atoms with Crippen LogP contribution in [0, 0.1) is 0 Å². The quantitative estimate of drug-likeness (QED) is 0.782. The van der Waals surface area contributed by atoms with E-state index in [1.807, 2.05) is 18.2 Å². The van der Waals surface area contributed by atoms with Crippen LogP contribution in [0.2, 0.25) is 0 Å². The van der Waals surface area contributed by atoms with Crippen molar-refractivity contribution in [3.8, 4) is 0 Å². The fourth-order valence-corrected chi connectivity index (χ4v) is 1.88.